The van der Waals surface area contributed by atoms with Crippen LogP contribution in [0.1, 0.15) is 32.1 Å². The van der Waals surface area contributed by atoms with Gasteiger partial charge in [0.1, 0.15) is 10.6 Å². The minimum Gasteiger partial charge on any atom is -0.370 e. The predicted molar refractivity (Wildman–Crippen MR) is 87.8 cm³/mol. The molecule has 2 rings (SSSR count). The van der Waals surface area contributed by atoms with Crippen LogP contribution in [0.3, 0.4) is 0 Å². The number of hydrogen-bond donors (Lipinski definition) is 3. The second-order valence-corrected chi connectivity index (χ2v) is 6.89. The van der Waals surface area contributed by atoms with Crippen molar-refractivity contribution in [3.05, 3.63) is 10.9 Å². The fourth-order valence-electron chi connectivity index (χ4n) is 2.17. The van der Waals surface area contributed by atoms with Crippen LogP contribution in [-0.4, -0.2) is 28.0 Å². The summed E-state index contributed by atoms with van der Waals surface area (Å²) in [6.45, 7) is 8.64. The molecule has 0 bridgehead atoms. The summed E-state index contributed by atoms with van der Waals surface area (Å²) in [5, 5.41) is 7.42. The number of anilines is 2. The molecular formula is C14H21N5OS. The summed E-state index contributed by atoms with van der Waals surface area (Å²) < 4.78 is 0. The summed E-state index contributed by atoms with van der Waals surface area (Å²) in [6, 6.07) is 2.05. The Morgan fingerprint density at radius 2 is 2.14 bits per heavy atom. The minimum atomic E-state index is -0.466. The summed E-state index contributed by atoms with van der Waals surface area (Å²) >= 11 is 1.62. The van der Waals surface area contributed by atoms with Gasteiger partial charge < -0.3 is 16.4 Å². The van der Waals surface area contributed by atoms with Crippen LogP contribution in [0.25, 0.3) is 10.2 Å². The topological polar surface area (TPSA) is 92.9 Å². The highest BCUT2D eigenvalue weighted by Gasteiger charge is 2.23. The molecule has 21 heavy (non-hydrogen) atoms. The van der Waals surface area contributed by atoms with Gasteiger partial charge in [-0.2, -0.15) is 4.98 Å². The van der Waals surface area contributed by atoms with E-state index in [1.807, 2.05) is 27.7 Å². The highest BCUT2D eigenvalue weighted by Crippen LogP contribution is 2.31. The third kappa shape index (κ3) is 3.81. The molecule has 0 atom stereocenters. The van der Waals surface area contributed by atoms with Gasteiger partial charge in [0.05, 0.1) is 5.39 Å². The van der Waals surface area contributed by atoms with Gasteiger partial charge in [0, 0.05) is 23.4 Å². The van der Waals surface area contributed by atoms with E-state index in [4.69, 9.17) is 5.73 Å². The molecule has 2 aromatic rings. The van der Waals surface area contributed by atoms with Crippen molar-refractivity contribution in [1.82, 2.24) is 9.97 Å². The monoisotopic (exact) mass is 307 g/mol. The first-order chi connectivity index (χ1) is 9.80. The molecule has 0 spiro atoms. The number of carbonyl (C=O) groups excluding carboxylic acids is 1. The number of aryl methyl sites for hydroxylation is 1. The first kappa shape index (κ1) is 15.5. The molecule has 0 fully saturated rings. The standard InChI is InChI=1S/C14H21N5OS/c1-5-16-13-17-11(19-14(3,4)7-10(15)20)9-6-8(2)21-12(9)18-13/h6H,5,7H2,1-4H3,(H2,15,20)(H2,16,17,18,19). The van der Waals surface area contributed by atoms with Gasteiger partial charge in [-0.1, -0.05) is 0 Å². The van der Waals surface area contributed by atoms with Gasteiger partial charge in [-0.25, -0.2) is 4.98 Å². The number of nitrogens with two attached hydrogens (primary N) is 1. The minimum absolute atomic E-state index is 0.234. The number of thiophene rings is 1. The Labute approximate surface area is 128 Å². The fourth-order valence-corrected chi connectivity index (χ4v) is 3.05. The van der Waals surface area contributed by atoms with Crippen molar-refractivity contribution in [1.29, 1.82) is 0 Å². The van der Waals surface area contributed by atoms with Gasteiger partial charge in [0.25, 0.3) is 0 Å². The molecular weight excluding hydrogens is 286 g/mol. The number of fused-ring (bicyclic) bond motifs is 1. The third-order valence-corrected chi connectivity index (χ3v) is 3.87. The van der Waals surface area contributed by atoms with E-state index in [1.54, 1.807) is 11.3 Å². The number of rotatable bonds is 6. The number of nitrogens with one attached hydrogen (secondary N) is 2. The SMILES string of the molecule is CCNc1nc(NC(C)(C)CC(N)=O)c2cc(C)sc2n1. The van der Waals surface area contributed by atoms with Gasteiger partial charge in [0.15, 0.2) is 0 Å². The molecule has 7 heteroatoms. The lowest BCUT2D eigenvalue weighted by molar-refractivity contribution is -0.118. The molecule has 0 aromatic carbocycles. The Morgan fingerprint density at radius 3 is 2.76 bits per heavy atom. The zero-order chi connectivity index (χ0) is 15.6. The fraction of sp³-hybridized carbons (Fsp3) is 0.500. The Balaban J connectivity index is 2.43. The first-order valence-corrected chi connectivity index (χ1v) is 7.71. The molecule has 0 radical (unpaired) electrons. The molecule has 4 N–H and O–H groups in total. The van der Waals surface area contributed by atoms with E-state index in [1.165, 1.54) is 4.88 Å². The Bertz CT molecular complexity index is 665. The van der Waals surface area contributed by atoms with E-state index in [-0.39, 0.29) is 12.3 Å². The molecule has 0 aliphatic heterocycles. The quantitative estimate of drug-likeness (QED) is 0.762. The largest absolute Gasteiger partial charge is 0.370 e. The molecule has 0 aliphatic carbocycles. The first-order valence-electron chi connectivity index (χ1n) is 6.89. The molecule has 0 saturated heterocycles. The summed E-state index contributed by atoms with van der Waals surface area (Å²) in [4.78, 5) is 22.3. The van der Waals surface area contributed by atoms with E-state index in [0.29, 0.717) is 5.95 Å². The second-order valence-electron chi connectivity index (χ2n) is 5.65. The lowest BCUT2D eigenvalue weighted by Gasteiger charge is -2.26. The van der Waals surface area contributed by atoms with Crippen LogP contribution in [-0.2, 0) is 4.79 Å². The lowest BCUT2D eigenvalue weighted by atomic mass is 10.0. The maximum Gasteiger partial charge on any atom is 0.226 e. The van der Waals surface area contributed by atoms with Crippen LogP contribution in [0.4, 0.5) is 11.8 Å². The number of nitrogens with zero attached hydrogens (tertiary/aromatic N) is 2. The van der Waals surface area contributed by atoms with Crippen LogP contribution >= 0.6 is 11.3 Å². The third-order valence-electron chi connectivity index (χ3n) is 2.92. The Morgan fingerprint density at radius 1 is 1.43 bits per heavy atom. The van der Waals surface area contributed by atoms with Gasteiger partial charge in [0.2, 0.25) is 11.9 Å². The normalized spacial score (nSPS) is 11.6. The van der Waals surface area contributed by atoms with E-state index in [9.17, 15) is 4.79 Å². The summed E-state index contributed by atoms with van der Waals surface area (Å²) in [7, 11) is 0. The molecule has 0 saturated carbocycles. The molecule has 2 aromatic heterocycles. The van der Waals surface area contributed by atoms with Gasteiger partial charge >= 0.3 is 0 Å². The number of primary amides is 1. The Kier molecular flexibility index (Phi) is 4.32. The number of hydrogen-bond acceptors (Lipinski definition) is 6. The van der Waals surface area contributed by atoms with Crippen molar-refractivity contribution in [3.8, 4) is 0 Å². The highest BCUT2D eigenvalue weighted by atomic mass is 32.1. The molecule has 1 amide bonds. The van der Waals surface area contributed by atoms with Crippen molar-refractivity contribution >= 4 is 39.2 Å². The maximum absolute atomic E-state index is 11.2. The molecule has 2 heterocycles. The number of aromatic nitrogens is 2. The van der Waals surface area contributed by atoms with Crippen molar-refractivity contribution in [2.45, 2.75) is 39.7 Å². The van der Waals surface area contributed by atoms with Crippen LogP contribution in [0, 0.1) is 6.92 Å². The van der Waals surface area contributed by atoms with E-state index >= 15 is 0 Å². The predicted octanol–water partition coefficient (Wildman–Crippen LogP) is 2.50. The summed E-state index contributed by atoms with van der Waals surface area (Å²) in [5.74, 6) is 0.974. The van der Waals surface area contributed by atoms with Gasteiger partial charge in [-0.05, 0) is 33.8 Å². The van der Waals surface area contributed by atoms with Gasteiger partial charge in [-0.15, -0.1) is 11.3 Å². The van der Waals surface area contributed by atoms with Crippen LogP contribution in [0.2, 0.25) is 0 Å². The van der Waals surface area contributed by atoms with Gasteiger partial charge in [-0.3, -0.25) is 4.79 Å². The van der Waals surface area contributed by atoms with Crippen molar-refractivity contribution < 1.29 is 4.79 Å². The maximum atomic E-state index is 11.2. The molecule has 0 unspecified atom stereocenters. The van der Waals surface area contributed by atoms with Crippen LogP contribution in [0.15, 0.2) is 6.07 Å². The van der Waals surface area contributed by atoms with Crippen LogP contribution < -0.4 is 16.4 Å². The van der Waals surface area contributed by atoms with E-state index < -0.39 is 5.54 Å². The highest BCUT2D eigenvalue weighted by molar-refractivity contribution is 7.18. The summed E-state index contributed by atoms with van der Waals surface area (Å²) in [6.07, 6.45) is 0.234. The van der Waals surface area contributed by atoms with E-state index in [2.05, 4.69) is 26.7 Å². The number of amides is 1. The van der Waals surface area contributed by atoms with Crippen LogP contribution in [0.5, 0.6) is 0 Å². The molecule has 114 valence electrons. The molecule has 6 nitrogen and oxygen atoms in total. The lowest BCUT2D eigenvalue weighted by Crippen LogP contribution is -2.36. The number of carbonyl (C=O) groups is 1. The van der Waals surface area contributed by atoms with Crippen molar-refractivity contribution in [3.63, 3.8) is 0 Å². The van der Waals surface area contributed by atoms with E-state index in [0.717, 1.165) is 22.6 Å². The van der Waals surface area contributed by atoms with Crippen molar-refractivity contribution in [2.24, 2.45) is 5.73 Å². The Hall–Kier alpha value is -1.89. The molecule has 0 aliphatic rings. The zero-order valence-corrected chi connectivity index (χ0v) is 13.6. The summed E-state index contributed by atoms with van der Waals surface area (Å²) in [5.41, 5.74) is 4.84. The zero-order valence-electron chi connectivity index (χ0n) is 12.8. The average Bonchev–Trinajstić information content (AvgIpc) is 2.68. The second kappa shape index (κ2) is 5.85. The van der Waals surface area contributed by atoms with Crippen molar-refractivity contribution in [2.75, 3.05) is 17.2 Å². The average molecular weight is 307 g/mol. The smallest absolute Gasteiger partial charge is 0.226 e.